The molecule has 494 valence electrons. The van der Waals surface area contributed by atoms with Gasteiger partial charge in [-0.3, -0.25) is 62.5 Å². The number of rotatable bonds is 34. The first kappa shape index (κ1) is 76.1. The number of amides is 12. The van der Waals surface area contributed by atoms with Crippen molar-refractivity contribution < 1.29 is 67.7 Å². The Balaban J connectivity index is 2.41. The predicted molar refractivity (Wildman–Crippen MR) is 326 cm³/mol. The number of nitrogens with two attached hydrogens (primary N) is 3. The lowest BCUT2D eigenvalue weighted by Crippen LogP contribution is -2.64. The van der Waals surface area contributed by atoms with E-state index < -0.39 is 193 Å². The molecule has 1 aromatic carbocycles. The highest BCUT2D eigenvalue weighted by Crippen LogP contribution is 2.16. The quantitative estimate of drug-likeness (QED) is 0.0176. The number of likely N-dealkylation sites (N-methyl/N-ethyl adjacent to an activating group) is 1. The second-order valence-electron chi connectivity index (χ2n) is 22.6. The first-order valence-corrected chi connectivity index (χ1v) is 30.1. The van der Waals surface area contributed by atoms with Gasteiger partial charge in [0.15, 0.2) is 5.96 Å². The summed E-state index contributed by atoms with van der Waals surface area (Å²) in [7, 11) is 1.60. The lowest BCUT2D eigenvalue weighted by molar-refractivity contribution is -0.138. The molecule has 1 fully saturated rings. The number of nitrogens with one attached hydrogen (secondary N) is 12. The molecule has 1 aliphatic heterocycles. The normalized spacial score (nSPS) is 21.0. The Hall–Kier alpha value is -7.99. The molecule has 1 aromatic rings. The zero-order chi connectivity index (χ0) is 66.5. The van der Waals surface area contributed by atoms with Gasteiger partial charge in [-0.05, 0) is 75.8 Å². The first-order valence-electron chi connectivity index (χ1n) is 30.1. The number of nitrogens with zero attached hydrogens (tertiary/aromatic N) is 1. The van der Waals surface area contributed by atoms with Crippen molar-refractivity contribution in [2.24, 2.45) is 45.9 Å². The number of hydrogen-bond donors (Lipinski definition) is 17. The van der Waals surface area contributed by atoms with Crippen molar-refractivity contribution in [3.05, 3.63) is 35.9 Å². The van der Waals surface area contributed by atoms with Gasteiger partial charge >= 0.3 is 0 Å². The van der Waals surface area contributed by atoms with E-state index in [2.05, 4.69) is 68.8 Å². The van der Waals surface area contributed by atoms with Gasteiger partial charge in [0.1, 0.15) is 60.4 Å². The van der Waals surface area contributed by atoms with Gasteiger partial charge in [-0.1, -0.05) is 111 Å². The van der Waals surface area contributed by atoms with Crippen LogP contribution in [0, 0.1) is 23.7 Å². The van der Waals surface area contributed by atoms with Crippen molar-refractivity contribution >= 4 is 76.8 Å². The topological polar surface area (TPSA) is 480 Å². The van der Waals surface area contributed by atoms with Crippen LogP contribution >= 0.6 is 0 Å². The summed E-state index contributed by atoms with van der Waals surface area (Å²) in [5.74, 6) is -12.9. The van der Waals surface area contributed by atoms with Gasteiger partial charge in [-0.2, -0.15) is 0 Å². The average molecular weight is 1240 g/mol. The third-order valence-corrected chi connectivity index (χ3v) is 15.8. The molecular formula is C58H98N16O14. The summed E-state index contributed by atoms with van der Waals surface area (Å²) < 4.78 is 0. The van der Waals surface area contributed by atoms with E-state index in [0.717, 1.165) is 5.56 Å². The standard InChI is InChI=1S/C58H98N16O14/c1-12-29(5)42-53(84)64-33(9)46(57(88)65-34(10)47(78)66-36(48(79)70-42)22-19-25-63-58(60)61)74-52(83)40(28-76)69-55(86)44(31(7)14-3)73-56(87)45(32(8)15-4)71-49(80)37(23-24-41(59)77)67-51(82)39(27-75)68-54(85)43(30(6)13-2)72-50(81)38(62-11)26-35-20-17-16-18-21-35/h16-18,20-21,29-34,36-40,42-46,62,75-76H,12-15,19,22-28H2,1-11H3,(H2,59,77)(H,64,84)(H,65,88)(H,66,78)(H,67,82)(H,68,85)(H,69,86)(H,70,79)(H,71,80)(H,72,81)(H,73,87)(H,74,83)(H4,60,61,63)/t29-,30-,31-,32-,33+,34-,36-,37+,38+,39-,40-,42-,43-,44-,45+,46-/m0/s1. The molecule has 88 heavy (non-hydrogen) atoms. The molecule has 0 aromatic heterocycles. The summed E-state index contributed by atoms with van der Waals surface area (Å²) in [6.07, 6.45) is 1.09. The second-order valence-corrected chi connectivity index (χ2v) is 22.6. The van der Waals surface area contributed by atoms with Gasteiger partial charge < -0.3 is 91.2 Å². The number of benzene rings is 1. The predicted octanol–water partition coefficient (Wildman–Crippen LogP) is -4.31. The van der Waals surface area contributed by atoms with Gasteiger partial charge in [-0.15, -0.1) is 0 Å². The smallest absolute Gasteiger partial charge is 0.245 e. The fourth-order valence-electron chi connectivity index (χ4n) is 9.23. The maximum atomic E-state index is 14.4. The monoisotopic (exact) mass is 1240 g/mol. The molecule has 30 heteroatoms. The van der Waals surface area contributed by atoms with E-state index in [1.165, 1.54) is 13.8 Å². The number of carbonyl (C=O) groups excluding carboxylic acids is 12. The van der Waals surface area contributed by atoms with Crippen molar-refractivity contribution in [1.29, 1.82) is 0 Å². The van der Waals surface area contributed by atoms with Crippen LogP contribution in [0.3, 0.4) is 0 Å². The average Bonchev–Trinajstić information content (AvgIpc) is 3.14. The van der Waals surface area contributed by atoms with Crippen molar-refractivity contribution in [3.63, 3.8) is 0 Å². The summed E-state index contributed by atoms with van der Waals surface area (Å²) in [4.78, 5) is 169. The highest BCUT2D eigenvalue weighted by atomic mass is 16.3. The molecule has 16 atom stereocenters. The third-order valence-electron chi connectivity index (χ3n) is 15.8. The molecule has 1 heterocycles. The number of hydrogen-bond acceptors (Lipinski definition) is 16. The Morgan fingerprint density at radius 1 is 0.568 bits per heavy atom. The molecule has 0 bridgehead atoms. The van der Waals surface area contributed by atoms with E-state index in [1.807, 2.05) is 30.3 Å². The van der Waals surface area contributed by atoms with Gasteiger partial charge in [0.25, 0.3) is 0 Å². The van der Waals surface area contributed by atoms with Gasteiger partial charge in [0.2, 0.25) is 70.9 Å². The number of guanidine groups is 1. The van der Waals surface area contributed by atoms with E-state index in [-0.39, 0.29) is 38.2 Å². The zero-order valence-electron chi connectivity index (χ0n) is 52.6. The van der Waals surface area contributed by atoms with Crippen LogP contribution in [-0.2, 0) is 64.0 Å². The Morgan fingerprint density at radius 3 is 1.52 bits per heavy atom. The number of carbonyl (C=O) groups is 12. The maximum Gasteiger partial charge on any atom is 0.245 e. The molecule has 12 amide bonds. The maximum absolute atomic E-state index is 14.4. The second kappa shape index (κ2) is 38.3. The minimum absolute atomic E-state index is 0.0444. The van der Waals surface area contributed by atoms with Crippen LogP contribution in [0.25, 0.3) is 0 Å². The molecule has 0 aliphatic carbocycles. The van der Waals surface area contributed by atoms with Crippen LogP contribution in [0.4, 0.5) is 0 Å². The van der Waals surface area contributed by atoms with Crippen LogP contribution in [0.1, 0.15) is 126 Å². The van der Waals surface area contributed by atoms with Gasteiger partial charge in [-0.25, -0.2) is 0 Å². The number of aliphatic hydroxyl groups is 2. The minimum Gasteiger partial charge on any atom is -0.394 e. The molecule has 0 saturated carbocycles. The van der Waals surface area contributed by atoms with Crippen LogP contribution in [0.15, 0.2) is 35.3 Å². The fourth-order valence-corrected chi connectivity index (χ4v) is 9.23. The molecule has 0 unspecified atom stereocenters. The number of aliphatic imine (C=N–C) groups is 1. The van der Waals surface area contributed by atoms with Crippen LogP contribution < -0.4 is 81.0 Å². The van der Waals surface area contributed by atoms with E-state index in [4.69, 9.17) is 17.2 Å². The van der Waals surface area contributed by atoms with Crippen molar-refractivity contribution in [2.45, 2.75) is 200 Å². The van der Waals surface area contributed by atoms with Crippen molar-refractivity contribution in [1.82, 2.24) is 63.8 Å². The summed E-state index contributed by atoms with van der Waals surface area (Å²) >= 11 is 0. The largest absolute Gasteiger partial charge is 0.394 e. The molecule has 0 spiro atoms. The Bertz CT molecular complexity index is 2560. The molecule has 20 N–H and O–H groups in total. The van der Waals surface area contributed by atoms with E-state index in [9.17, 15) is 67.7 Å². The van der Waals surface area contributed by atoms with Crippen LogP contribution in [-0.4, -0.2) is 186 Å². The van der Waals surface area contributed by atoms with Crippen LogP contribution in [0.2, 0.25) is 0 Å². The van der Waals surface area contributed by atoms with Gasteiger partial charge in [0, 0.05) is 13.0 Å². The van der Waals surface area contributed by atoms with E-state index >= 15 is 0 Å². The van der Waals surface area contributed by atoms with Gasteiger partial charge in [0.05, 0.1) is 25.3 Å². The molecule has 1 aliphatic rings. The molecule has 2 rings (SSSR count). The molecule has 30 nitrogen and oxygen atoms in total. The molecule has 0 radical (unpaired) electrons. The lowest BCUT2D eigenvalue weighted by atomic mass is 9.94. The third kappa shape index (κ3) is 24.3. The van der Waals surface area contributed by atoms with Crippen molar-refractivity contribution in [3.8, 4) is 0 Å². The lowest BCUT2D eigenvalue weighted by Gasteiger charge is -2.32. The Morgan fingerprint density at radius 2 is 1.05 bits per heavy atom. The summed E-state index contributed by atoms with van der Waals surface area (Å²) in [6.45, 7) is 14.4. The Labute approximate surface area is 514 Å². The molecule has 1 saturated heterocycles. The zero-order valence-corrected chi connectivity index (χ0v) is 52.6. The van der Waals surface area contributed by atoms with Crippen molar-refractivity contribution in [2.75, 3.05) is 26.8 Å². The first-order chi connectivity index (χ1) is 41.5. The summed E-state index contributed by atoms with van der Waals surface area (Å²) in [5.41, 5.74) is 17.2. The fraction of sp³-hybridized carbons (Fsp3) is 0.672. The van der Waals surface area contributed by atoms with Crippen LogP contribution in [0.5, 0.6) is 0 Å². The number of aliphatic hydroxyl groups excluding tert-OH is 2. The highest BCUT2D eigenvalue weighted by Gasteiger charge is 2.40. The SMILES string of the molecule is CC[C@H](C)[C@@H]1NC(=O)[C@H](CCCN=C(N)N)NC(=O)[C@H](C)NC(=O)[C@@H](NC(=O)[C@H](CO)NC(=O)[C@@H](NC(=O)[C@H](NC(=O)[C@@H](CCC(N)=O)NC(=O)[C@H](CO)NC(=O)[C@@H](NC(=O)[C@@H](Cc2ccccc2)NC)[C@@H](C)CC)[C@@H](C)CC)[C@@H](C)CC)[C@@H](C)NC1=O. The number of primary amides is 1. The molecular weight excluding hydrogens is 1140 g/mol. The van der Waals surface area contributed by atoms with E-state index in [1.54, 1.807) is 62.4 Å². The van der Waals surface area contributed by atoms with E-state index in [0.29, 0.717) is 19.3 Å². The minimum atomic E-state index is -1.80. The summed E-state index contributed by atoms with van der Waals surface area (Å²) in [6, 6.07) is -7.30. The highest BCUT2D eigenvalue weighted by molar-refractivity contribution is 6.00. The summed E-state index contributed by atoms with van der Waals surface area (Å²) in [5, 5.41) is 52.2. The Kier molecular flexibility index (Phi) is 33.1.